The van der Waals surface area contributed by atoms with Gasteiger partial charge in [0.15, 0.2) is 0 Å². The van der Waals surface area contributed by atoms with Crippen molar-refractivity contribution in [1.82, 2.24) is 0 Å². The van der Waals surface area contributed by atoms with Gasteiger partial charge in [-0.05, 0) is 111 Å². The van der Waals surface area contributed by atoms with Crippen LogP contribution in [0.4, 0.5) is 0 Å². The molecule has 1 N–H and O–H groups in total. The largest absolute Gasteiger partial charge is 0.338 e. The first-order chi connectivity index (χ1) is 14.9. The molecule has 0 amide bonds. The Morgan fingerprint density at radius 2 is 0.781 bits per heavy atom. The second kappa shape index (κ2) is 9.11. The Hall–Kier alpha value is -1.97. The lowest BCUT2D eigenvalue weighted by atomic mass is 10.1. The minimum Gasteiger partial charge on any atom is -0.338 e. The molecule has 0 aliphatic carbocycles. The van der Waals surface area contributed by atoms with E-state index in [9.17, 15) is 9.46 Å². The standard InChI is InChI=1S/C27H35O3PSi/c1-16-10-19(4)25(20(5)11-16)32(30-31(28)29,26-21(6)12-17(2)13-22(26)7)27-23(8)14-18(3)15-24(27)9/h10-15,31H,1-9H3,(H,28,29). The zero-order chi connectivity index (χ0) is 24.0. The van der Waals surface area contributed by atoms with Gasteiger partial charge in [-0.25, -0.2) is 0 Å². The summed E-state index contributed by atoms with van der Waals surface area (Å²) in [7, 11) is -6.59. The minimum absolute atomic E-state index is 1.08. The Morgan fingerprint density at radius 1 is 0.562 bits per heavy atom. The lowest BCUT2D eigenvalue weighted by Gasteiger charge is -2.38. The maximum absolute atomic E-state index is 12.6. The molecule has 0 spiro atoms. The topological polar surface area (TPSA) is 46.5 Å². The van der Waals surface area contributed by atoms with Gasteiger partial charge in [-0.15, -0.1) is 0 Å². The molecule has 3 aromatic carbocycles. The highest BCUT2D eigenvalue weighted by Gasteiger charge is 2.49. The van der Waals surface area contributed by atoms with Crippen LogP contribution in [0.15, 0.2) is 36.4 Å². The summed E-state index contributed by atoms with van der Waals surface area (Å²) in [5.74, 6) is 0. The maximum atomic E-state index is 12.6. The van der Waals surface area contributed by atoms with Crippen molar-refractivity contribution in [2.45, 2.75) is 62.3 Å². The van der Waals surface area contributed by atoms with E-state index < -0.39 is 16.6 Å². The van der Waals surface area contributed by atoms with E-state index in [1.165, 1.54) is 16.7 Å². The number of benzene rings is 3. The van der Waals surface area contributed by atoms with E-state index in [1.807, 2.05) is 0 Å². The van der Waals surface area contributed by atoms with E-state index in [4.69, 9.17) is 4.21 Å². The van der Waals surface area contributed by atoms with Crippen LogP contribution in [0.5, 0.6) is 0 Å². The normalized spacial score (nSPS) is 12.8. The van der Waals surface area contributed by atoms with Crippen molar-refractivity contribution in [2.75, 3.05) is 0 Å². The van der Waals surface area contributed by atoms with Gasteiger partial charge in [0.05, 0.1) is 0 Å². The second-order valence-electron chi connectivity index (χ2n) is 9.37. The van der Waals surface area contributed by atoms with Crippen LogP contribution in [0.2, 0.25) is 0 Å². The van der Waals surface area contributed by atoms with Crippen LogP contribution in [-0.2, 0) is 8.78 Å². The summed E-state index contributed by atoms with van der Waals surface area (Å²) < 4.78 is 19.0. The number of rotatable bonds is 5. The van der Waals surface area contributed by atoms with Gasteiger partial charge in [-0.2, -0.15) is 0 Å². The average Bonchev–Trinajstić information content (AvgIpc) is 2.57. The zero-order valence-corrected chi connectivity index (χ0v) is 22.7. The Kier molecular flexibility index (Phi) is 7.02. The lowest BCUT2D eigenvalue weighted by Crippen LogP contribution is -2.72. The predicted octanol–water partition coefficient (Wildman–Crippen LogP) is 4.83. The molecule has 0 aliphatic rings. The average molecular weight is 467 g/mol. The van der Waals surface area contributed by atoms with Crippen molar-refractivity contribution in [1.29, 1.82) is 0 Å². The molecule has 1 atom stereocenters. The van der Waals surface area contributed by atoms with Gasteiger partial charge < -0.3 is 9.11 Å². The van der Waals surface area contributed by atoms with Crippen molar-refractivity contribution >= 4 is 32.1 Å². The smallest absolute Gasteiger partial charge is 0.307 e. The van der Waals surface area contributed by atoms with Crippen LogP contribution in [0.25, 0.3) is 0 Å². The Bertz CT molecular complexity index is 1020. The molecule has 32 heavy (non-hydrogen) atoms. The molecule has 3 rings (SSSR count). The molecule has 1 unspecified atom stereocenters. The molecular weight excluding hydrogens is 431 g/mol. The Balaban J connectivity index is 2.67. The number of aryl methyl sites for hydroxylation is 9. The monoisotopic (exact) mass is 466 g/mol. The Labute approximate surface area is 194 Å². The lowest BCUT2D eigenvalue weighted by molar-refractivity contribution is 0.414. The summed E-state index contributed by atoms with van der Waals surface area (Å²) in [6.07, 6.45) is 0. The van der Waals surface area contributed by atoms with Gasteiger partial charge in [0.1, 0.15) is 0 Å². The molecule has 5 heteroatoms. The Morgan fingerprint density at radius 3 is 0.969 bits per heavy atom. The fraction of sp³-hybridized carbons (Fsp3) is 0.333. The highest BCUT2D eigenvalue weighted by Crippen LogP contribution is 2.30. The summed E-state index contributed by atoms with van der Waals surface area (Å²) in [6, 6.07) is 13.0. The van der Waals surface area contributed by atoms with E-state index in [0.29, 0.717) is 0 Å². The molecule has 0 saturated heterocycles. The molecule has 3 aromatic rings. The van der Waals surface area contributed by atoms with Gasteiger partial charge in [0.25, 0.3) is 8.32 Å². The SMILES string of the molecule is Cc1cc(C)c([Si](O[PH](=O)O)(c2c(C)cc(C)cc2C)c2c(C)cc(C)cc2C)c(C)c1. The molecule has 3 nitrogen and oxygen atoms in total. The predicted molar refractivity (Wildman–Crippen MR) is 139 cm³/mol. The van der Waals surface area contributed by atoms with E-state index in [2.05, 4.69) is 98.7 Å². The van der Waals surface area contributed by atoms with E-state index in [0.717, 1.165) is 48.9 Å². The number of hydrogen-bond acceptors (Lipinski definition) is 2. The third-order valence-corrected chi connectivity index (χ3v) is 12.7. The molecule has 0 aliphatic heterocycles. The number of hydrogen-bond donors (Lipinski definition) is 1. The zero-order valence-electron chi connectivity index (χ0n) is 20.7. The molecule has 0 fully saturated rings. The summed E-state index contributed by atoms with van der Waals surface area (Å²) in [6.45, 7) is 18.9. The molecule has 0 saturated carbocycles. The highest BCUT2D eigenvalue weighted by molar-refractivity contribution is 7.37. The van der Waals surface area contributed by atoms with Crippen LogP contribution in [0.1, 0.15) is 50.1 Å². The maximum Gasteiger partial charge on any atom is 0.307 e. The molecule has 0 bridgehead atoms. The van der Waals surface area contributed by atoms with Crippen molar-refractivity contribution in [3.05, 3.63) is 86.5 Å². The van der Waals surface area contributed by atoms with Crippen LogP contribution in [-0.4, -0.2) is 13.2 Å². The van der Waals surface area contributed by atoms with Crippen molar-refractivity contribution in [2.24, 2.45) is 0 Å². The third kappa shape index (κ3) is 4.30. The van der Waals surface area contributed by atoms with E-state index >= 15 is 0 Å². The quantitative estimate of drug-likeness (QED) is 0.333. The highest BCUT2D eigenvalue weighted by atomic mass is 31.1. The van der Waals surface area contributed by atoms with Gasteiger partial charge in [-0.1, -0.05) is 53.1 Å². The van der Waals surface area contributed by atoms with Crippen LogP contribution in [0, 0.1) is 62.3 Å². The molecule has 170 valence electrons. The minimum atomic E-state index is -3.34. The van der Waals surface area contributed by atoms with Gasteiger partial charge >= 0.3 is 8.25 Å². The van der Waals surface area contributed by atoms with Crippen molar-refractivity contribution in [3.63, 3.8) is 0 Å². The van der Waals surface area contributed by atoms with Crippen molar-refractivity contribution < 1.29 is 13.7 Å². The molecular formula is C27H35O3PSi. The van der Waals surface area contributed by atoms with Crippen LogP contribution < -0.4 is 15.6 Å². The van der Waals surface area contributed by atoms with Gasteiger partial charge in [0.2, 0.25) is 0 Å². The molecule has 0 heterocycles. The van der Waals surface area contributed by atoms with E-state index in [1.54, 1.807) is 0 Å². The first-order valence-electron chi connectivity index (χ1n) is 11.1. The summed E-state index contributed by atoms with van der Waals surface area (Å²) in [4.78, 5) is 10.3. The van der Waals surface area contributed by atoms with Gasteiger partial charge in [-0.3, -0.25) is 4.57 Å². The molecule has 0 aromatic heterocycles. The molecule has 0 radical (unpaired) electrons. The van der Waals surface area contributed by atoms with Crippen molar-refractivity contribution in [3.8, 4) is 0 Å². The third-order valence-electron chi connectivity index (χ3n) is 6.33. The fourth-order valence-corrected chi connectivity index (χ4v) is 12.7. The van der Waals surface area contributed by atoms with Crippen LogP contribution in [0.3, 0.4) is 0 Å². The van der Waals surface area contributed by atoms with E-state index in [-0.39, 0.29) is 0 Å². The van der Waals surface area contributed by atoms with Crippen LogP contribution >= 0.6 is 8.25 Å². The van der Waals surface area contributed by atoms with Gasteiger partial charge in [0, 0.05) is 0 Å². The summed E-state index contributed by atoms with van der Waals surface area (Å²) in [5, 5.41) is 3.25. The fourth-order valence-electron chi connectivity index (χ4n) is 5.87. The summed E-state index contributed by atoms with van der Waals surface area (Å²) >= 11 is 0. The second-order valence-corrected chi connectivity index (χ2v) is 13.6. The first-order valence-corrected chi connectivity index (χ1v) is 14.2. The first kappa shape index (κ1) is 24.7. The summed E-state index contributed by atoms with van der Waals surface area (Å²) in [5.41, 5.74) is 10.2.